The van der Waals surface area contributed by atoms with Crippen molar-refractivity contribution in [1.29, 1.82) is 0 Å². The molecular formula is C27H29NO6. The van der Waals surface area contributed by atoms with Crippen LogP contribution in [-0.2, 0) is 11.2 Å². The number of phenolic OH excluding ortho intramolecular Hbond substituents is 1. The number of likely N-dealkylation sites (N-methyl/N-ethyl adjacent to an activating group) is 1. The Morgan fingerprint density at radius 1 is 0.941 bits per heavy atom. The van der Waals surface area contributed by atoms with Crippen molar-refractivity contribution in [1.82, 2.24) is 4.90 Å². The van der Waals surface area contributed by atoms with Gasteiger partial charge in [-0.1, -0.05) is 12.1 Å². The van der Waals surface area contributed by atoms with Crippen LogP contribution < -0.4 is 0 Å². The fraction of sp³-hybridized carbons (Fsp3) is 0.444. The molecule has 34 heavy (non-hydrogen) atoms. The molecule has 4 atom stereocenters. The molecule has 1 fully saturated rings. The lowest BCUT2D eigenvalue weighted by molar-refractivity contribution is -0.0830. The van der Waals surface area contributed by atoms with Crippen molar-refractivity contribution in [2.75, 3.05) is 14.1 Å². The van der Waals surface area contributed by atoms with E-state index >= 15 is 0 Å². The van der Waals surface area contributed by atoms with Gasteiger partial charge in [0.15, 0.2) is 17.3 Å². The van der Waals surface area contributed by atoms with Crippen LogP contribution in [0.3, 0.4) is 0 Å². The minimum Gasteiger partial charge on any atom is -0.507 e. The molecule has 3 aliphatic rings. The van der Waals surface area contributed by atoms with Crippen LogP contribution in [0, 0.1) is 0 Å². The molecule has 2 aliphatic carbocycles. The molecule has 1 saturated heterocycles. The second-order valence-corrected chi connectivity index (χ2v) is 10.3. The maximum absolute atomic E-state index is 13.5. The first-order valence-electron chi connectivity index (χ1n) is 11.7. The summed E-state index contributed by atoms with van der Waals surface area (Å²) in [7, 11) is 4.01. The van der Waals surface area contributed by atoms with E-state index in [-0.39, 0.29) is 70.4 Å². The van der Waals surface area contributed by atoms with E-state index in [0.29, 0.717) is 17.5 Å². The number of Topliss-reactive ketones (excluding diaryl/α,β-unsaturated/α-hetero) is 1. The first-order chi connectivity index (χ1) is 16.0. The monoisotopic (exact) mass is 463 g/mol. The highest BCUT2D eigenvalue weighted by Gasteiger charge is 2.42. The third kappa shape index (κ3) is 3.42. The van der Waals surface area contributed by atoms with Crippen molar-refractivity contribution in [2.24, 2.45) is 0 Å². The van der Waals surface area contributed by atoms with Crippen LogP contribution in [0.25, 0.3) is 0 Å². The number of phenols is 1. The van der Waals surface area contributed by atoms with E-state index in [0.717, 1.165) is 6.42 Å². The van der Waals surface area contributed by atoms with Gasteiger partial charge >= 0.3 is 0 Å². The van der Waals surface area contributed by atoms with Crippen molar-refractivity contribution in [3.63, 3.8) is 0 Å². The molecule has 7 heteroatoms. The lowest BCUT2D eigenvalue weighted by atomic mass is 9.73. The minimum atomic E-state index is -1.19. The van der Waals surface area contributed by atoms with Gasteiger partial charge in [-0.15, -0.1) is 0 Å². The molecule has 0 radical (unpaired) electrons. The van der Waals surface area contributed by atoms with Crippen LogP contribution in [0.4, 0.5) is 0 Å². The quantitative estimate of drug-likeness (QED) is 0.601. The number of carbonyl (C=O) groups is 3. The SMILES string of the molecule is C[C@@H]1O[C@@H](c2ccc3c(c2O)C(=O)c2ccc4c(c2C3=O)C(=O)C[C@](C)(O)C4)CC[C@@H]1N(C)C. The summed E-state index contributed by atoms with van der Waals surface area (Å²) >= 11 is 0. The zero-order valence-electron chi connectivity index (χ0n) is 19.8. The number of hydrogen-bond acceptors (Lipinski definition) is 7. The minimum absolute atomic E-state index is 0.0313. The zero-order valence-corrected chi connectivity index (χ0v) is 19.8. The van der Waals surface area contributed by atoms with Gasteiger partial charge < -0.3 is 19.8 Å². The van der Waals surface area contributed by atoms with Gasteiger partial charge in [0.25, 0.3) is 0 Å². The largest absolute Gasteiger partial charge is 0.507 e. The van der Waals surface area contributed by atoms with E-state index < -0.39 is 17.2 Å². The molecule has 5 rings (SSSR count). The molecule has 0 saturated carbocycles. The third-order valence-corrected chi connectivity index (χ3v) is 7.49. The number of hydrogen-bond donors (Lipinski definition) is 2. The molecule has 2 N–H and O–H groups in total. The number of ether oxygens (including phenoxy) is 1. The Morgan fingerprint density at radius 3 is 2.26 bits per heavy atom. The smallest absolute Gasteiger partial charge is 0.198 e. The molecule has 0 unspecified atom stereocenters. The van der Waals surface area contributed by atoms with E-state index in [4.69, 9.17) is 4.74 Å². The van der Waals surface area contributed by atoms with Gasteiger partial charge in [-0.2, -0.15) is 0 Å². The summed E-state index contributed by atoms with van der Waals surface area (Å²) in [5.41, 5.74) is 0.346. The highest BCUT2D eigenvalue weighted by atomic mass is 16.5. The van der Waals surface area contributed by atoms with Crippen LogP contribution >= 0.6 is 0 Å². The molecule has 2 aromatic rings. The maximum Gasteiger partial charge on any atom is 0.198 e. The van der Waals surface area contributed by atoms with E-state index in [9.17, 15) is 24.6 Å². The lowest BCUT2D eigenvalue weighted by Gasteiger charge is -2.38. The standard InChI is InChI=1S/C27H29NO6/c1-13-18(28(3)4)9-10-20(34-13)15-7-8-17-23(24(15)30)26(32)16-6-5-14-11-27(2,33)12-19(29)21(14)22(16)25(17)31/h5-8,13,18,20,30,33H,9-12H2,1-4H3/t13-,18-,20+,27+/m0/s1. The average Bonchev–Trinajstić information content (AvgIpc) is 2.75. The van der Waals surface area contributed by atoms with E-state index in [1.165, 1.54) is 6.07 Å². The Kier molecular flexibility index (Phi) is 5.28. The summed E-state index contributed by atoms with van der Waals surface area (Å²) < 4.78 is 6.19. The highest BCUT2D eigenvalue weighted by Crippen LogP contribution is 2.43. The average molecular weight is 464 g/mol. The molecule has 178 valence electrons. The Morgan fingerprint density at radius 2 is 1.59 bits per heavy atom. The summed E-state index contributed by atoms with van der Waals surface area (Å²) in [5, 5.41) is 21.6. The van der Waals surface area contributed by atoms with Crippen LogP contribution in [0.15, 0.2) is 24.3 Å². The van der Waals surface area contributed by atoms with Crippen LogP contribution in [0.5, 0.6) is 5.75 Å². The molecule has 1 heterocycles. The normalized spacial score (nSPS) is 28.5. The Balaban J connectivity index is 1.56. The van der Waals surface area contributed by atoms with Gasteiger partial charge in [0.2, 0.25) is 0 Å². The van der Waals surface area contributed by atoms with Gasteiger partial charge in [0.1, 0.15) is 5.75 Å². The Labute approximate surface area is 198 Å². The van der Waals surface area contributed by atoms with Crippen LogP contribution in [0.1, 0.15) is 92.5 Å². The van der Waals surface area contributed by atoms with Crippen molar-refractivity contribution in [3.05, 3.63) is 63.2 Å². The van der Waals surface area contributed by atoms with Gasteiger partial charge in [-0.3, -0.25) is 14.4 Å². The van der Waals surface area contributed by atoms with Gasteiger partial charge in [-0.25, -0.2) is 0 Å². The molecule has 0 amide bonds. The molecule has 1 aliphatic heterocycles. The van der Waals surface area contributed by atoms with Gasteiger partial charge in [0, 0.05) is 46.7 Å². The Hall–Kier alpha value is -2.87. The molecular weight excluding hydrogens is 434 g/mol. The first-order valence-corrected chi connectivity index (χ1v) is 11.7. The van der Waals surface area contributed by atoms with Crippen molar-refractivity contribution < 1.29 is 29.3 Å². The van der Waals surface area contributed by atoms with Gasteiger partial charge in [-0.05, 0) is 58.5 Å². The number of aliphatic hydroxyl groups is 1. The lowest BCUT2D eigenvalue weighted by Crippen LogP contribution is -2.43. The van der Waals surface area contributed by atoms with Crippen molar-refractivity contribution in [3.8, 4) is 5.75 Å². The van der Waals surface area contributed by atoms with E-state index in [2.05, 4.69) is 4.90 Å². The molecule has 7 nitrogen and oxygen atoms in total. The molecule has 0 aromatic heterocycles. The summed E-state index contributed by atoms with van der Waals surface area (Å²) in [6.07, 6.45) is 1.24. The zero-order chi connectivity index (χ0) is 24.5. The van der Waals surface area contributed by atoms with Crippen molar-refractivity contribution >= 4 is 17.3 Å². The van der Waals surface area contributed by atoms with Crippen LogP contribution in [-0.4, -0.2) is 64.3 Å². The molecule has 0 spiro atoms. The van der Waals surface area contributed by atoms with Crippen LogP contribution in [0.2, 0.25) is 0 Å². The predicted octanol–water partition coefficient (Wildman–Crippen LogP) is 3.22. The second kappa shape index (κ2) is 7.83. The molecule has 2 aromatic carbocycles. The van der Waals surface area contributed by atoms with Crippen molar-refractivity contribution in [2.45, 2.75) is 63.4 Å². The third-order valence-electron chi connectivity index (χ3n) is 7.49. The van der Waals surface area contributed by atoms with E-state index in [1.807, 2.05) is 21.0 Å². The first kappa shape index (κ1) is 22.9. The summed E-state index contributed by atoms with van der Waals surface area (Å²) in [6.45, 7) is 3.58. The number of benzene rings is 2. The number of rotatable bonds is 2. The summed E-state index contributed by atoms with van der Waals surface area (Å²) in [6, 6.07) is 6.63. The van der Waals surface area contributed by atoms with E-state index in [1.54, 1.807) is 25.1 Å². The summed E-state index contributed by atoms with van der Waals surface area (Å²) in [4.78, 5) is 42.0. The number of ketones is 3. The fourth-order valence-electron chi connectivity index (χ4n) is 5.88. The number of aromatic hydroxyl groups is 1. The van der Waals surface area contributed by atoms with Gasteiger partial charge in [0.05, 0.1) is 23.4 Å². The Bertz CT molecular complexity index is 1240. The highest BCUT2D eigenvalue weighted by molar-refractivity contribution is 6.32. The number of nitrogens with zero attached hydrogens (tertiary/aromatic N) is 1. The summed E-state index contributed by atoms with van der Waals surface area (Å²) in [5.74, 6) is -1.52. The topological polar surface area (TPSA) is 104 Å². The molecule has 0 bridgehead atoms. The number of fused-ring (bicyclic) bond motifs is 4. The predicted molar refractivity (Wildman–Crippen MR) is 125 cm³/mol. The number of carbonyl (C=O) groups excluding carboxylic acids is 3. The fourth-order valence-corrected chi connectivity index (χ4v) is 5.88. The maximum atomic E-state index is 13.5. The second-order valence-electron chi connectivity index (χ2n) is 10.3.